The maximum absolute atomic E-state index is 13.4. The number of benzene rings is 2. The summed E-state index contributed by atoms with van der Waals surface area (Å²) in [6, 6.07) is 15.4. The Morgan fingerprint density at radius 2 is 1.73 bits per heavy atom. The Balaban J connectivity index is 1.83. The molecular formula is C26H33NO2S. The molecule has 0 aromatic heterocycles. The highest BCUT2D eigenvalue weighted by Crippen LogP contribution is 2.25. The molecule has 1 aliphatic carbocycles. The molecule has 1 aliphatic rings. The molecule has 1 amide bonds. The van der Waals surface area contributed by atoms with Gasteiger partial charge in [-0.25, -0.2) is 4.21 Å². The molecule has 1 atom stereocenters. The van der Waals surface area contributed by atoms with Gasteiger partial charge in [0.25, 0.3) is 0 Å². The maximum atomic E-state index is 13.4. The molecule has 0 radical (unpaired) electrons. The van der Waals surface area contributed by atoms with Crippen molar-refractivity contribution in [1.29, 1.82) is 0 Å². The molecule has 160 valence electrons. The maximum Gasteiger partial charge on any atom is 0.227 e. The summed E-state index contributed by atoms with van der Waals surface area (Å²) >= 11 is 0. The van der Waals surface area contributed by atoms with Crippen LogP contribution in [0.4, 0.5) is 0 Å². The van der Waals surface area contributed by atoms with E-state index in [0.29, 0.717) is 6.54 Å². The normalized spacial score (nSPS) is 15.4. The van der Waals surface area contributed by atoms with E-state index in [1.807, 2.05) is 60.4 Å². The first kappa shape index (κ1) is 22.5. The second kappa shape index (κ2) is 9.74. The van der Waals surface area contributed by atoms with Crippen molar-refractivity contribution < 1.29 is 9.00 Å². The van der Waals surface area contributed by atoms with Crippen LogP contribution >= 0.6 is 0 Å². The molecule has 0 aliphatic heterocycles. The van der Waals surface area contributed by atoms with Crippen molar-refractivity contribution in [1.82, 2.24) is 4.90 Å². The van der Waals surface area contributed by atoms with Gasteiger partial charge in [0, 0.05) is 21.9 Å². The Morgan fingerprint density at radius 1 is 1.03 bits per heavy atom. The van der Waals surface area contributed by atoms with E-state index in [9.17, 15) is 9.00 Å². The van der Waals surface area contributed by atoms with Crippen molar-refractivity contribution in [3.63, 3.8) is 0 Å². The fourth-order valence-electron chi connectivity index (χ4n) is 3.83. The number of amides is 1. The first-order chi connectivity index (χ1) is 14.3. The zero-order valence-electron chi connectivity index (χ0n) is 18.6. The molecule has 3 nitrogen and oxygen atoms in total. The second-order valence-corrected chi connectivity index (χ2v) is 10.6. The van der Waals surface area contributed by atoms with Crippen LogP contribution < -0.4 is 0 Å². The number of carbonyl (C=O) groups is 1. The Labute approximate surface area is 183 Å². The van der Waals surface area contributed by atoms with Crippen LogP contribution in [0.3, 0.4) is 0 Å². The van der Waals surface area contributed by atoms with Crippen LogP contribution in [0.25, 0.3) is 0 Å². The molecule has 0 saturated carbocycles. The third-order valence-corrected chi connectivity index (χ3v) is 7.10. The van der Waals surface area contributed by atoms with Gasteiger partial charge in [-0.15, -0.1) is 0 Å². The number of carbonyl (C=O) groups excluding carboxylic acids is 1. The van der Waals surface area contributed by atoms with Gasteiger partial charge in [0.05, 0.1) is 17.2 Å². The van der Waals surface area contributed by atoms with Crippen molar-refractivity contribution >= 4 is 16.7 Å². The van der Waals surface area contributed by atoms with Gasteiger partial charge in [-0.1, -0.05) is 47.5 Å². The summed E-state index contributed by atoms with van der Waals surface area (Å²) in [7, 11) is -1.31. The molecular weight excluding hydrogens is 390 g/mol. The molecule has 1 unspecified atom stereocenters. The van der Waals surface area contributed by atoms with Crippen LogP contribution in [0.5, 0.6) is 0 Å². The van der Waals surface area contributed by atoms with Crippen LogP contribution in [0, 0.1) is 6.92 Å². The fourth-order valence-corrected chi connectivity index (χ4v) is 5.05. The number of rotatable bonds is 6. The Kier molecular flexibility index (Phi) is 7.30. The third-order valence-electron chi connectivity index (χ3n) is 5.61. The molecule has 30 heavy (non-hydrogen) atoms. The van der Waals surface area contributed by atoms with Gasteiger partial charge < -0.3 is 4.90 Å². The average Bonchev–Trinajstić information content (AvgIpc) is 2.72. The summed E-state index contributed by atoms with van der Waals surface area (Å²) in [5.41, 5.74) is 3.08. The van der Waals surface area contributed by atoms with Crippen LogP contribution in [-0.4, -0.2) is 27.1 Å². The highest BCUT2D eigenvalue weighted by atomic mass is 32.2. The Bertz CT molecular complexity index is 938. The lowest BCUT2D eigenvalue weighted by atomic mass is 9.96. The highest BCUT2D eigenvalue weighted by Gasteiger charge is 2.28. The van der Waals surface area contributed by atoms with E-state index >= 15 is 0 Å². The Morgan fingerprint density at radius 3 is 2.37 bits per heavy atom. The van der Waals surface area contributed by atoms with Crippen molar-refractivity contribution in [2.75, 3.05) is 6.54 Å². The minimum absolute atomic E-state index is 0.0855. The zero-order valence-corrected chi connectivity index (χ0v) is 19.4. The van der Waals surface area contributed by atoms with Crippen molar-refractivity contribution in [2.45, 2.75) is 75.1 Å². The molecule has 0 spiro atoms. The number of hydrogen-bond donors (Lipinski definition) is 0. The van der Waals surface area contributed by atoms with Crippen LogP contribution in [0.15, 0.2) is 70.0 Å². The minimum Gasteiger partial charge on any atom is -0.334 e. The van der Waals surface area contributed by atoms with E-state index in [4.69, 9.17) is 0 Å². The lowest BCUT2D eigenvalue weighted by Gasteiger charge is -2.37. The molecule has 2 aromatic carbocycles. The van der Waals surface area contributed by atoms with Gasteiger partial charge in [-0.05, 0) is 77.1 Å². The average molecular weight is 424 g/mol. The van der Waals surface area contributed by atoms with Gasteiger partial charge in [0.1, 0.15) is 0 Å². The molecule has 0 saturated heterocycles. The first-order valence-corrected chi connectivity index (χ1v) is 12.0. The molecule has 0 bridgehead atoms. The lowest BCUT2D eigenvalue weighted by Crippen LogP contribution is -2.47. The van der Waals surface area contributed by atoms with E-state index in [1.165, 1.54) is 18.4 Å². The zero-order chi connectivity index (χ0) is 21.7. The molecule has 2 aromatic rings. The SMILES string of the molecule is Cc1ccc(S(=O)c2ccccc2CC(=O)N(CC2=CCCCC2)C(C)(C)C)cc1. The molecule has 4 heteroatoms. The van der Waals surface area contributed by atoms with Crippen LogP contribution in [0.1, 0.15) is 57.6 Å². The molecule has 0 heterocycles. The fraction of sp³-hybridized carbons (Fsp3) is 0.423. The van der Waals surface area contributed by atoms with Crippen LogP contribution in [-0.2, 0) is 22.0 Å². The first-order valence-electron chi connectivity index (χ1n) is 10.8. The summed E-state index contributed by atoms with van der Waals surface area (Å²) in [5, 5.41) is 0. The van der Waals surface area contributed by atoms with Gasteiger partial charge in [-0.3, -0.25) is 4.79 Å². The van der Waals surface area contributed by atoms with Crippen molar-refractivity contribution in [3.8, 4) is 0 Å². The van der Waals surface area contributed by atoms with Gasteiger partial charge >= 0.3 is 0 Å². The van der Waals surface area contributed by atoms with E-state index in [2.05, 4.69) is 26.8 Å². The number of hydrogen-bond acceptors (Lipinski definition) is 2. The van der Waals surface area contributed by atoms with Crippen molar-refractivity contribution in [2.24, 2.45) is 0 Å². The van der Waals surface area contributed by atoms with E-state index in [-0.39, 0.29) is 17.9 Å². The largest absolute Gasteiger partial charge is 0.334 e. The van der Waals surface area contributed by atoms with E-state index < -0.39 is 10.8 Å². The number of nitrogens with zero attached hydrogens (tertiary/aromatic N) is 1. The molecule has 3 rings (SSSR count). The van der Waals surface area contributed by atoms with Crippen LogP contribution in [0.2, 0.25) is 0 Å². The smallest absolute Gasteiger partial charge is 0.227 e. The predicted molar refractivity (Wildman–Crippen MR) is 124 cm³/mol. The number of allylic oxidation sites excluding steroid dienone is 1. The third kappa shape index (κ3) is 5.69. The summed E-state index contributed by atoms with van der Waals surface area (Å²) < 4.78 is 13.2. The van der Waals surface area contributed by atoms with Gasteiger partial charge in [-0.2, -0.15) is 0 Å². The second-order valence-electron chi connectivity index (χ2n) is 9.13. The minimum atomic E-state index is -1.31. The summed E-state index contributed by atoms with van der Waals surface area (Å²) in [6.07, 6.45) is 7.20. The van der Waals surface area contributed by atoms with E-state index in [1.54, 1.807) is 0 Å². The predicted octanol–water partition coefficient (Wildman–Crippen LogP) is 5.83. The topological polar surface area (TPSA) is 37.4 Å². The monoisotopic (exact) mass is 423 g/mol. The van der Waals surface area contributed by atoms with Crippen molar-refractivity contribution in [3.05, 3.63) is 71.3 Å². The standard InChI is InChI=1S/C26H33NO2S/c1-20-14-16-23(17-15-20)30(29)24-13-9-8-12-22(24)18-25(28)27(26(2,3)4)19-21-10-6-5-7-11-21/h8-10,12-17H,5-7,11,18-19H2,1-4H3. The summed E-state index contributed by atoms with van der Waals surface area (Å²) in [5.74, 6) is 0.0855. The van der Waals surface area contributed by atoms with Gasteiger partial charge in [0.15, 0.2) is 0 Å². The summed E-state index contributed by atoms with van der Waals surface area (Å²) in [6.45, 7) is 8.97. The lowest BCUT2D eigenvalue weighted by molar-refractivity contribution is -0.134. The van der Waals surface area contributed by atoms with Gasteiger partial charge in [0.2, 0.25) is 5.91 Å². The highest BCUT2D eigenvalue weighted by molar-refractivity contribution is 7.85. The quantitative estimate of drug-likeness (QED) is 0.548. The summed E-state index contributed by atoms with van der Waals surface area (Å²) in [4.78, 5) is 16.9. The number of aryl methyl sites for hydroxylation is 1. The van der Waals surface area contributed by atoms with E-state index in [0.717, 1.165) is 33.8 Å². The molecule has 0 N–H and O–H groups in total. The Hall–Kier alpha value is -2.20. The molecule has 0 fully saturated rings.